The third kappa shape index (κ3) is 3.13. The lowest BCUT2D eigenvalue weighted by atomic mass is 9.83. The van der Waals surface area contributed by atoms with E-state index in [1.54, 1.807) is 18.8 Å². The number of furan rings is 1. The Labute approximate surface area is 152 Å². The number of nitrogens with zero attached hydrogens (tertiary/aromatic N) is 3. The van der Waals surface area contributed by atoms with E-state index in [1.807, 2.05) is 22.8 Å². The SMILES string of the molecule is Cc1ccoc1C(=O)N1CCC2C(CCC(=O)N2CCc2cnc[nH]2)C1. The summed E-state index contributed by atoms with van der Waals surface area (Å²) in [6.45, 7) is 3.94. The van der Waals surface area contributed by atoms with Gasteiger partial charge in [0.05, 0.1) is 12.6 Å². The molecule has 2 saturated heterocycles. The van der Waals surface area contributed by atoms with Crippen molar-refractivity contribution in [1.29, 1.82) is 0 Å². The quantitative estimate of drug-likeness (QED) is 0.908. The summed E-state index contributed by atoms with van der Waals surface area (Å²) in [7, 11) is 0. The van der Waals surface area contributed by atoms with Gasteiger partial charge in [0, 0.05) is 56.0 Å². The van der Waals surface area contributed by atoms with E-state index in [9.17, 15) is 9.59 Å². The van der Waals surface area contributed by atoms with Crippen LogP contribution in [0, 0.1) is 12.8 Å². The highest BCUT2D eigenvalue weighted by Gasteiger charge is 2.40. The molecule has 2 atom stereocenters. The van der Waals surface area contributed by atoms with Crippen molar-refractivity contribution in [1.82, 2.24) is 19.8 Å². The van der Waals surface area contributed by atoms with Gasteiger partial charge in [-0.15, -0.1) is 0 Å². The lowest BCUT2D eigenvalue weighted by Gasteiger charge is -2.47. The molecule has 2 aliphatic rings. The maximum absolute atomic E-state index is 12.7. The monoisotopic (exact) mass is 356 g/mol. The van der Waals surface area contributed by atoms with Gasteiger partial charge in [0.2, 0.25) is 5.91 Å². The van der Waals surface area contributed by atoms with Crippen molar-refractivity contribution in [3.63, 3.8) is 0 Å². The Morgan fingerprint density at radius 3 is 3.04 bits per heavy atom. The molecule has 7 heteroatoms. The van der Waals surface area contributed by atoms with Crippen LogP contribution >= 0.6 is 0 Å². The molecule has 7 nitrogen and oxygen atoms in total. The predicted octanol–water partition coefficient (Wildman–Crippen LogP) is 2.01. The molecule has 2 aromatic heterocycles. The van der Waals surface area contributed by atoms with Crippen LogP contribution in [0.15, 0.2) is 29.3 Å². The summed E-state index contributed by atoms with van der Waals surface area (Å²) < 4.78 is 5.37. The Kier molecular flexibility index (Phi) is 4.53. The second-order valence-electron chi connectivity index (χ2n) is 7.25. The number of nitrogens with one attached hydrogen (secondary N) is 1. The van der Waals surface area contributed by atoms with Gasteiger partial charge in [-0.2, -0.15) is 0 Å². The summed E-state index contributed by atoms with van der Waals surface area (Å²) in [4.78, 5) is 36.2. The van der Waals surface area contributed by atoms with Crippen LogP contribution in [0.2, 0.25) is 0 Å². The first-order valence-corrected chi connectivity index (χ1v) is 9.23. The first-order chi connectivity index (χ1) is 12.6. The highest BCUT2D eigenvalue weighted by atomic mass is 16.3. The number of rotatable bonds is 4. The maximum Gasteiger partial charge on any atom is 0.289 e. The topological polar surface area (TPSA) is 82.4 Å². The largest absolute Gasteiger partial charge is 0.459 e. The Morgan fingerprint density at radius 1 is 1.42 bits per heavy atom. The van der Waals surface area contributed by atoms with Crippen molar-refractivity contribution in [2.24, 2.45) is 5.92 Å². The summed E-state index contributed by atoms with van der Waals surface area (Å²) in [6.07, 6.45) is 8.05. The van der Waals surface area contributed by atoms with E-state index in [0.717, 1.165) is 30.5 Å². The van der Waals surface area contributed by atoms with Crippen LogP contribution in [0.3, 0.4) is 0 Å². The summed E-state index contributed by atoms with van der Waals surface area (Å²) >= 11 is 0. The summed E-state index contributed by atoms with van der Waals surface area (Å²) in [5, 5.41) is 0. The molecular weight excluding hydrogens is 332 g/mol. The van der Waals surface area contributed by atoms with Crippen LogP contribution in [0.25, 0.3) is 0 Å². The molecule has 0 bridgehead atoms. The number of aryl methyl sites for hydroxylation is 1. The smallest absolute Gasteiger partial charge is 0.289 e. The molecule has 0 spiro atoms. The number of piperidine rings is 2. The lowest BCUT2D eigenvalue weighted by Crippen LogP contribution is -2.57. The average molecular weight is 356 g/mol. The second-order valence-corrected chi connectivity index (χ2v) is 7.25. The number of carbonyl (C=O) groups is 2. The minimum absolute atomic E-state index is 0.0353. The minimum Gasteiger partial charge on any atom is -0.459 e. The van der Waals surface area contributed by atoms with E-state index in [-0.39, 0.29) is 17.9 Å². The van der Waals surface area contributed by atoms with Crippen molar-refractivity contribution in [2.75, 3.05) is 19.6 Å². The van der Waals surface area contributed by atoms with Gasteiger partial charge >= 0.3 is 0 Å². The molecule has 0 saturated carbocycles. The fourth-order valence-corrected chi connectivity index (χ4v) is 4.22. The van der Waals surface area contributed by atoms with Crippen LogP contribution < -0.4 is 0 Å². The number of amides is 2. The first kappa shape index (κ1) is 16.9. The van der Waals surface area contributed by atoms with Gasteiger partial charge in [-0.3, -0.25) is 9.59 Å². The number of hydrogen-bond acceptors (Lipinski definition) is 4. The summed E-state index contributed by atoms with van der Waals surface area (Å²) in [5.74, 6) is 0.966. The molecule has 2 fully saturated rings. The third-order valence-electron chi connectivity index (χ3n) is 5.66. The molecule has 2 aliphatic heterocycles. The third-order valence-corrected chi connectivity index (χ3v) is 5.66. The maximum atomic E-state index is 12.7. The molecule has 0 aliphatic carbocycles. The Morgan fingerprint density at radius 2 is 2.31 bits per heavy atom. The van der Waals surface area contributed by atoms with Crippen molar-refractivity contribution < 1.29 is 14.0 Å². The van der Waals surface area contributed by atoms with E-state index >= 15 is 0 Å². The van der Waals surface area contributed by atoms with E-state index < -0.39 is 0 Å². The van der Waals surface area contributed by atoms with Gasteiger partial charge in [0.25, 0.3) is 5.91 Å². The molecule has 138 valence electrons. The molecule has 0 aromatic carbocycles. The Hall–Kier alpha value is -2.57. The normalized spacial score (nSPS) is 23.2. The molecule has 2 unspecified atom stereocenters. The zero-order valence-electron chi connectivity index (χ0n) is 15.0. The molecule has 4 heterocycles. The zero-order valence-corrected chi connectivity index (χ0v) is 15.0. The molecular formula is C19H24N4O3. The van der Waals surface area contributed by atoms with E-state index in [0.29, 0.717) is 37.7 Å². The Balaban J connectivity index is 1.42. The highest BCUT2D eigenvalue weighted by Crippen LogP contribution is 2.32. The van der Waals surface area contributed by atoms with Gasteiger partial charge in [-0.25, -0.2) is 4.98 Å². The van der Waals surface area contributed by atoms with Crippen LogP contribution in [-0.4, -0.2) is 57.3 Å². The fourth-order valence-electron chi connectivity index (χ4n) is 4.22. The van der Waals surface area contributed by atoms with Gasteiger partial charge in [-0.1, -0.05) is 0 Å². The predicted molar refractivity (Wildman–Crippen MR) is 94.5 cm³/mol. The Bertz CT molecular complexity index is 783. The van der Waals surface area contributed by atoms with E-state index in [4.69, 9.17) is 4.42 Å². The number of carbonyl (C=O) groups excluding carboxylic acids is 2. The van der Waals surface area contributed by atoms with E-state index in [2.05, 4.69) is 9.97 Å². The lowest BCUT2D eigenvalue weighted by molar-refractivity contribution is -0.140. The van der Waals surface area contributed by atoms with Gasteiger partial charge in [0.1, 0.15) is 0 Å². The van der Waals surface area contributed by atoms with E-state index in [1.165, 1.54) is 0 Å². The average Bonchev–Trinajstić information content (AvgIpc) is 3.31. The number of H-pyrrole nitrogens is 1. The molecule has 2 aromatic rings. The number of fused-ring (bicyclic) bond motifs is 1. The zero-order chi connectivity index (χ0) is 18.1. The van der Waals surface area contributed by atoms with Crippen molar-refractivity contribution >= 4 is 11.8 Å². The number of hydrogen-bond donors (Lipinski definition) is 1. The number of likely N-dealkylation sites (tertiary alicyclic amines) is 2. The fraction of sp³-hybridized carbons (Fsp3) is 0.526. The van der Waals surface area contributed by atoms with Crippen molar-refractivity contribution in [3.05, 3.63) is 41.9 Å². The van der Waals surface area contributed by atoms with Crippen LogP contribution in [0.1, 0.15) is 41.1 Å². The first-order valence-electron chi connectivity index (χ1n) is 9.23. The molecule has 1 N–H and O–H groups in total. The molecule has 2 amide bonds. The second kappa shape index (κ2) is 6.97. The van der Waals surface area contributed by atoms with Crippen molar-refractivity contribution in [2.45, 2.75) is 38.6 Å². The number of imidazole rings is 1. The van der Waals surface area contributed by atoms with Crippen LogP contribution in [-0.2, 0) is 11.2 Å². The van der Waals surface area contributed by atoms with Crippen LogP contribution in [0.4, 0.5) is 0 Å². The van der Waals surface area contributed by atoms with Gasteiger partial charge in [-0.05, 0) is 31.7 Å². The summed E-state index contributed by atoms with van der Waals surface area (Å²) in [5.41, 5.74) is 1.91. The highest BCUT2D eigenvalue weighted by molar-refractivity contribution is 5.93. The number of aromatic amines is 1. The molecule has 4 rings (SSSR count). The minimum atomic E-state index is -0.0353. The van der Waals surface area contributed by atoms with Gasteiger partial charge in [0.15, 0.2) is 5.76 Å². The summed E-state index contributed by atoms with van der Waals surface area (Å²) in [6, 6.07) is 2.04. The number of aromatic nitrogens is 2. The van der Waals surface area contributed by atoms with Crippen LogP contribution in [0.5, 0.6) is 0 Å². The van der Waals surface area contributed by atoms with Gasteiger partial charge < -0.3 is 19.2 Å². The standard InChI is InChI=1S/C19H24N4O3/c1-13-6-9-26-18(13)19(25)22-7-5-16-14(11-22)2-3-17(24)23(16)8-4-15-10-20-12-21-15/h6,9-10,12,14,16H,2-5,7-8,11H2,1H3,(H,20,21). The molecule has 26 heavy (non-hydrogen) atoms. The van der Waals surface area contributed by atoms with Crippen molar-refractivity contribution in [3.8, 4) is 0 Å². The molecule has 0 radical (unpaired) electrons.